The van der Waals surface area contributed by atoms with E-state index in [2.05, 4.69) is 6.58 Å². The number of rotatable bonds is 11. The van der Waals surface area contributed by atoms with E-state index >= 15 is 0 Å². The fraction of sp³-hybridized carbons (Fsp3) is 0.867. The molecule has 0 aliphatic carbocycles. The molecule has 1 saturated heterocycles. The van der Waals surface area contributed by atoms with Crippen molar-refractivity contribution in [1.29, 1.82) is 0 Å². The fourth-order valence-corrected chi connectivity index (χ4v) is 2.29. The molecule has 0 aromatic carbocycles. The van der Waals surface area contributed by atoms with Crippen molar-refractivity contribution >= 4 is 0 Å². The third-order valence-electron chi connectivity index (χ3n) is 3.56. The third kappa shape index (κ3) is 6.33. The fourth-order valence-electron chi connectivity index (χ4n) is 2.29. The SMILES string of the molecule is C=CCCCCCCCOC[C@H](O)[C@H]1OC[C@@H](O)[C@H]1O. The van der Waals surface area contributed by atoms with Gasteiger partial charge < -0.3 is 24.8 Å². The summed E-state index contributed by atoms with van der Waals surface area (Å²) in [6, 6.07) is 0. The number of allylic oxidation sites excluding steroid dienone is 1. The highest BCUT2D eigenvalue weighted by Crippen LogP contribution is 2.17. The second-order valence-electron chi connectivity index (χ2n) is 5.34. The number of ether oxygens (including phenoxy) is 2. The van der Waals surface area contributed by atoms with Crippen molar-refractivity contribution in [2.24, 2.45) is 0 Å². The molecule has 0 bridgehead atoms. The third-order valence-corrected chi connectivity index (χ3v) is 3.56. The first-order chi connectivity index (χ1) is 9.66. The first kappa shape index (κ1) is 17.6. The molecule has 118 valence electrons. The van der Waals surface area contributed by atoms with Gasteiger partial charge >= 0.3 is 0 Å². The van der Waals surface area contributed by atoms with E-state index in [1.54, 1.807) is 0 Å². The van der Waals surface area contributed by atoms with Gasteiger partial charge in [-0.2, -0.15) is 0 Å². The Bertz CT molecular complexity index is 259. The van der Waals surface area contributed by atoms with Crippen LogP contribution >= 0.6 is 0 Å². The van der Waals surface area contributed by atoms with Crippen LogP contribution in [-0.4, -0.2) is 59.6 Å². The minimum Gasteiger partial charge on any atom is -0.388 e. The topological polar surface area (TPSA) is 79.2 Å². The van der Waals surface area contributed by atoms with E-state index in [9.17, 15) is 15.3 Å². The van der Waals surface area contributed by atoms with Gasteiger partial charge in [0.05, 0.1) is 13.2 Å². The van der Waals surface area contributed by atoms with Gasteiger partial charge in [0.25, 0.3) is 0 Å². The maximum atomic E-state index is 9.81. The van der Waals surface area contributed by atoms with E-state index in [-0.39, 0.29) is 13.2 Å². The maximum Gasteiger partial charge on any atom is 0.114 e. The second kappa shape index (κ2) is 10.3. The van der Waals surface area contributed by atoms with E-state index in [0.717, 1.165) is 19.3 Å². The summed E-state index contributed by atoms with van der Waals surface area (Å²) in [5.41, 5.74) is 0. The van der Waals surface area contributed by atoms with E-state index in [1.165, 1.54) is 19.3 Å². The molecule has 1 fully saturated rings. The summed E-state index contributed by atoms with van der Waals surface area (Å²) in [6.45, 7) is 4.48. The van der Waals surface area contributed by atoms with Gasteiger partial charge in [0.15, 0.2) is 0 Å². The lowest BCUT2D eigenvalue weighted by Crippen LogP contribution is -2.40. The van der Waals surface area contributed by atoms with Crippen molar-refractivity contribution in [3.05, 3.63) is 12.7 Å². The van der Waals surface area contributed by atoms with E-state index < -0.39 is 24.4 Å². The first-order valence-corrected chi connectivity index (χ1v) is 7.51. The second-order valence-corrected chi connectivity index (χ2v) is 5.34. The van der Waals surface area contributed by atoms with Gasteiger partial charge in [-0.05, 0) is 19.3 Å². The molecule has 0 amide bonds. The Morgan fingerprint density at radius 2 is 1.90 bits per heavy atom. The molecule has 5 heteroatoms. The van der Waals surface area contributed by atoms with Crippen molar-refractivity contribution in [1.82, 2.24) is 0 Å². The summed E-state index contributed by atoms with van der Waals surface area (Å²) in [6.07, 6.45) is 5.14. The lowest BCUT2D eigenvalue weighted by Gasteiger charge is -2.20. The molecular formula is C15H28O5. The van der Waals surface area contributed by atoms with E-state index in [4.69, 9.17) is 9.47 Å². The zero-order valence-corrected chi connectivity index (χ0v) is 12.1. The number of aliphatic hydroxyl groups excluding tert-OH is 3. The highest BCUT2D eigenvalue weighted by atomic mass is 16.5. The van der Waals surface area contributed by atoms with Crippen LogP contribution in [0.3, 0.4) is 0 Å². The van der Waals surface area contributed by atoms with Gasteiger partial charge in [0, 0.05) is 6.61 Å². The van der Waals surface area contributed by atoms with Gasteiger partial charge in [-0.15, -0.1) is 6.58 Å². The van der Waals surface area contributed by atoms with Gasteiger partial charge in [-0.25, -0.2) is 0 Å². The first-order valence-electron chi connectivity index (χ1n) is 7.51. The van der Waals surface area contributed by atoms with Crippen LogP contribution in [0.4, 0.5) is 0 Å². The molecule has 1 aliphatic rings. The minimum absolute atomic E-state index is 0.0631. The Hall–Kier alpha value is -0.460. The van der Waals surface area contributed by atoms with E-state index in [0.29, 0.717) is 6.61 Å². The van der Waals surface area contributed by atoms with Crippen LogP contribution in [0.25, 0.3) is 0 Å². The average molecular weight is 288 g/mol. The van der Waals surface area contributed by atoms with Crippen LogP contribution in [0.5, 0.6) is 0 Å². The lowest BCUT2D eigenvalue weighted by atomic mass is 10.1. The molecular weight excluding hydrogens is 260 g/mol. The van der Waals surface area contributed by atoms with Crippen LogP contribution in [0.2, 0.25) is 0 Å². The monoisotopic (exact) mass is 288 g/mol. The Morgan fingerprint density at radius 1 is 1.20 bits per heavy atom. The summed E-state index contributed by atoms with van der Waals surface area (Å²) >= 11 is 0. The molecule has 20 heavy (non-hydrogen) atoms. The Labute approximate surface area is 121 Å². The molecule has 1 heterocycles. The molecule has 0 spiro atoms. The minimum atomic E-state index is -1.03. The normalized spacial score (nSPS) is 27.6. The van der Waals surface area contributed by atoms with E-state index in [1.807, 2.05) is 6.08 Å². The van der Waals surface area contributed by atoms with Gasteiger partial charge in [-0.3, -0.25) is 0 Å². The van der Waals surface area contributed by atoms with Crippen LogP contribution in [0.15, 0.2) is 12.7 Å². The standard InChI is InChI=1S/C15H28O5/c1-2-3-4-5-6-7-8-9-19-10-13(17)15-14(18)12(16)11-20-15/h2,12-18H,1,3-11H2/t12-,13+,14-,15-/m1/s1. The van der Waals surface area contributed by atoms with Gasteiger partial charge in [0.1, 0.15) is 24.4 Å². The zero-order chi connectivity index (χ0) is 14.8. The Morgan fingerprint density at radius 3 is 2.55 bits per heavy atom. The van der Waals surface area contributed by atoms with Crippen molar-refractivity contribution < 1.29 is 24.8 Å². The lowest BCUT2D eigenvalue weighted by molar-refractivity contribution is -0.0813. The average Bonchev–Trinajstić information content (AvgIpc) is 2.77. The van der Waals surface area contributed by atoms with Crippen LogP contribution in [-0.2, 0) is 9.47 Å². The molecule has 0 aromatic rings. The van der Waals surface area contributed by atoms with Crippen molar-refractivity contribution in [2.45, 2.75) is 62.9 Å². The number of aliphatic hydroxyl groups is 3. The summed E-state index contributed by atoms with van der Waals surface area (Å²) in [4.78, 5) is 0. The molecule has 4 atom stereocenters. The molecule has 0 radical (unpaired) electrons. The molecule has 3 N–H and O–H groups in total. The summed E-state index contributed by atoms with van der Waals surface area (Å²) in [5, 5.41) is 28.7. The van der Waals surface area contributed by atoms with Crippen molar-refractivity contribution in [3.63, 3.8) is 0 Å². The van der Waals surface area contributed by atoms with Crippen LogP contribution < -0.4 is 0 Å². The quantitative estimate of drug-likeness (QED) is 0.391. The molecule has 0 unspecified atom stereocenters. The Balaban J connectivity index is 1.94. The Kier molecular flexibility index (Phi) is 9.05. The van der Waals surface area contributed by atoms with Gasteiger partial charge in [-0.1, -0.05) is 25.3 Å². The van der Waals surface area contributed by atoms with Crippen molar-refractivity contribution in [2.75, 3.05) is 19.8 Å². The summed E-state index contributed by atoms with van der Waals surface area (Å²) in [7, 11) is 0. The predicted octanol–water partition coefficient (Wildman–Crippen LogP) is 1.01. The van der Waals surface area contributed by atoms with Gasteiger partial charge in [0.2, 0.25) is 0 Å². The highest BCUT2D eigenvalue weighted by Gasteiger charge is 2.39. The van der Waals surface area contributed by atoms with Crippen LogP contribution in [0.1, 0.15) is 38.5 Å². The zero-order valence-electron chi connectivity index (χ0n) is 12.1. The summed E-state index contributed by atoms with van der Waals surface area (Å²) < 4.78 is 10.5. The molecule has 1 rings (SSSR count). The van der Waals surface area contributed by atoms with Crippen molar-refractivity contribution in [3.8, 4) is 0 Å². The molecule has 0 aromatic heterocycles. The largest absolute Gasteiger partial charge is 0.388 e. The molecule has 5 nitrogen and oxygen atoms in total. The maximum absolute atomic E-state index is 9.81. The number of hydrogen-bond donors (Lipinski definition) is 3. The molecule has 1 aliphatic heterocycles. The summed E-state index contributed by atoms with van der Waals surface area (Å²) in [5.74, 6) is 0. The highest BCUT2D eigenvalue weighted by molar-refractivity contribution is 4.87. The smallest absolute Gasteiger partial charge is 0.114 e. The number of unbranched alkanes of at least 4 members (excludes halogenated alkanes) is 5. The molecule has 0 saturated carbocycles. The van der Waals surface area contributed by atoms with Crippen LogP contribution in [0, 0.1) is 0 Å². The predicted molar refractivity (Wildman–Crippen MR) is 76.5 cm³/mol. The number of hydrogen-bond acceptors (Lipinski definition) is 5.